The molecule has 0 bridgehead atoms. The zero-order valence-corrected chi connectivity index (χ0v) is 14.5. The van der Waals surface area contributed by atoms with E-state index in [1.54, 1.807) is 13.8 Å². The zero-order valence-electron chi connectivity index (χ0n) is 14.5. The predicted octanol–water partition coefficient (Wildman–Crippen LogP) is 4.04. The third kappa shape index (κ3) is 3.44. The van der Waals surface area contributed by atoms with E-state index in [4.69, 9.17) is 4.74 Å². The van der Waals surface area contributed by atoms with Crippen LogP contribution in [-0.4, -0.2) is 21.3 Å². The Kier molecular flexibility index (Phi) is 4.58. The Bertz CT molecular complexity index is 831. The first-order valence-corrected chi connectivity index (χ1v) is 8.33. The van der Waals surface area contributed by atoms with Crippen molar-refractivity contribution in [3.05, 3.63) is 59.9 Å². The minimum absolute atomic E-state index is 0.628. The monoisotopic (exact) mass is 324 g/mol. The highest BCUT2D eigenvalue weighted by Gasteiger charge is 2.24. The molecule has 0 saturated carbocycles. The van der Waals surface area contributed by atoms with Gasteiger partial charge in [0.2, 0.25) is 0 Å². The molecule has 4 heteroatoms. The van der Waals surface area contributed by atoms with Crippen molar-refractivity contribution in [2.45, 2.75) is 39.3 Å². The lowest BCUT2D eigenvalue weighted by atomic mass is 10.1. The van der Waals surface area contributed by atoms with Gasteiger partial charge in [-0.3, -0.25) is 0 Å². The Morgan fingerprint density at radius 1 is 1.08 bits per heavy atom. The first-order chi connectivity index (χ1) is 11.5. The van der Waals surface area contributed by atoms with E-state index >= 15 is 0 Å². The maximum absolute atomic E-state index is 10.4. The number of nitrogens with zero attached hydrogens (tertiary/aromatic N) is 2. The summed E-state index contributed by atoms with van der Waals surface area (Å²) in [6.07, 6.45) is 0.845. The van der Waals surface area contributed by atoms with Crippen LogP contribution in [0.5, 0.6) is 5.75 Å². The lowest BCUT2D eigenvalue weighted by Crippen LogP contribution is -2.22. The number of aliphatic hydroxyl groups is 1. The molecule has 0 spiro atoms. The maximum atomic E-state index is 10.4. The molecule has 0 fully saturated rings. The fourth-order valence-electron chi connectivity index (χ4n) is 2.89. The molecular formula is C20H24N2O2. The van der Waals surface area contributed by atoms with E-state index in [1.807, 2.05) is 55.5 Å². The van der Waals surface area contributed by atoms with E-state index in [2.05, 4.69) is 9.55 Å². The van der Waals surface area contributed by atoms with E-state index in [1.165, 1.54) is 0 Å². The molecule has 0 aliphatic heterocycles. The molecule has 0 amide bonds. The quantitative estimate of drug-likeness (QED) is 0.696. The van der Waals surface area contributed by atoms with Gasteiger partial charge in [-0.2, -0.15) is 0 Å². The number of hydrogen-bond donors (Lipinski definition) is 1. The smallest absolute Gasteiger partial charge is 0.141 e. The summed E-state index contributed by atoms with van der Waals surface area (Å²) >= 11 is 0. The largest absolute Gasteiger partial charge is 0.493 e. The van der Waals surface area contributed by atoms with Crippen LogP contribution in [0.3, 0.4) is 0 Å². The van der Waals surface area contributed by atoms with E-state index in [0.29, 0.717) is 12.4 Å². The summed E-state index contributed by atoms with van der Waals surface area (Å²) in [4.78, 5) is 4.61. The number of hydrogen-bond acceptors (Lipinski definition) is 3. The number of aromatic nitrogens is 2. The standard InChI is InChI=1S/C20H24N2O2/c1-15-9-4-7-12-18(15)24-14-8-13-22-17-11-6-5-10-16(17)21-19(22)20(2,3)23/h4-7,9-12,23H,8,13-14H2,1-3H3. The van der Waals surface area contributed by atoms with Gasteiger partial charge in [0.15, 0.2) is 0 Å². The van der Waals surface area contributed by atoms with E-state index in [-0.39, 0.29) is 0 Å². The third-order valence-electron chi connectivity index (χ3n) is 4.08. The number of rotatable bonds is 6. The maximum Gasteiger partial charge on any atom is 0.141 e. The van der Waals surface area contributed by atoms with Crippen molar-refractivity contribution >= 4 is 11.0 Å². The highest BCUT2D eigenvalue weighted by Crippen LogP contribution is 2.25. The Morgan fingerprint density at radius 3 is 2.54 bits per heavy atom. The molecule has 2 aromatic carbocycles. The van der Waals surface area contributed by atoms with E-state index < -0.39 is 5.60 Å². The average molecular weight is 324 g/mol. The number of para-hydroxylation sites is 3. The molecule has 1 heterocycles. The van der Waals surface area contributed by atoms with Crippen LogP contribution in [0.4, 0.5) is 0 Å². The second-order valence-corrected chi connectivity index (χ2v) is 6.60. The van der Waals surface area contributed by atoms with Gasteiger partial charge in [-0.05, 0) is 51.0 Å². The molecule has 4 nitrogen and oxygen atoms in total. The van der Waals surface area contributed by atoms with Crippen LogP contribution in [0.2, 0.25) is 0 Å². The number of aryl methyl sites for hydroxylation is 2. The Labute approximate surface area is 142 Å². The first kappa shape index (κ1) is 16.5. The van der Waals surface area contributed by atoms with Crippen LogP contribution >= 0.6 is 0 Å². The molecule has 126 valence electrons. The van der Waals surface area contributed by atoms with Gasteiger partial charge in [0.25, 0.3) is 0 Å². The second kappa shape index (κ2) is 6.65. The molecule has 3 rings (SSSR count). The molecule has 1 aromatic heterocycles. The van der Waals surface area contributed by atoms with Crippen LogP contribution in [0.1, 0.15) is 31.7 Å². The van der Waals surface area contributed by atoms with Crippen LogP contribution in [0.15, 0.2) is 48.5 Å². The van der Waals surface area contributed by atoms with Crippen LogP contribution in [-0.2, 0) is 12.1 Å². The summed E-state index contributed by atoms with van der Waals surface area (Å²) in [5.41, 5.74) is 2.12. The number of imidazole rings is 1. The van der Waals surface area contributed by atoms with Gasteiger partial charge in [-0.15, -0.1) is 0 Å². The minimum Gasteiger partial charge on any atom is -0.493 e. The van der Waals surface area contributed by atoms with Crippen molar-refractivity contribution in [1.82, 2.24) is 9.55 Å². The molecule has 0 unspecified atom stereocenters. The van der Waals surface area contributed by atoms with Crippen LogP contribution in [0, 0.1) is 6.92 Å². The van der Waals surface area contributed by atoms with Crippen LogP contribution < -0.4 is 4.74 Å². The third-order valence-corrected chi connectivity index (χ3v) is 4.08. The Hall–Kier alpha value is -2.33. The predicted molar refractivity (Wildman–Crippen MR) is 96.3 cm³/mol. The van der Waals surface area contributed by atoms with Crippen molar-refractivity contribution in [3.8, 4) is 5.75 Å². The highest BCUT2D eigenvalue weighted by molar-refractivity contribution is 5.76. The lowest BCUT2D eigenvalue weighted by molar-refractivity contribution is 0.0649. The van der Waals surface area contributed by atoms with Crippen molar-refractivity contribution in [3.63, 3.8) is 0 Å². The number of ether oxygens (including phenoxy) is 1. The van der Waals surface area contributed by atoms with Crippen LogP contribution in [0.25, 0.3) is 11.0 Å². The van der Waals surface area contributed by atoms with Gasteiger partial charge in [0.1, 0.15) is 17.2 Å². The molecule has 0 radical (unpaired) electrons. The molecule has 0 saturated heterocycles. The zero-order chi connectivity index (χ0) is 17.2. The van der Waals surface area contributed by atoms with Crippen molar-refractivity contribution < 1.29 is 9.84 Å². The fourth-order valence-corrected chi connectivity index (χ4v) is 2.89. The lowest BCUT2D eigenvalue weighted by Gasteiger charge is -2.19. The summed E-state index contributed by atoms with van der Waals surface area (Å²) < 4.78 is 7.97. The summed E-state index contributed by atoms with van der Waals surface area (Å²) in [6, 6.07) is 16.0. The van der Waals surface area contributed by atoms with Crippen molar-refractivity contribution in [1.29, 1.82) is 0 Å². The Balaban J connectivity index is 1.74. The topological polar surface area (TPSA) is 47.3 Å². The average Bonchev–Trinajstić information content (AvgIpc) is 2.92. The van der Waals surface area contributed by atoms with E-state index in [0.717, 1.165) is 35.3 Å². The SMILES string of the molecule is Cc1ccccc1OCCCn1c(C(C)(C)O)nc2ccccc21. The van der Waals surface area contributed by atoms with Crippen molar-refractivity contribution in [2.75, 3.05) is 6.61 Å². The molecule has 0 aliphatic rings. The molecule has 24 heavy (non-hydrogen) atoms. The first-order valence-electron chi connectivity index (χ1n) is 8.33. The van der Waals surface area contributed by atoms with Gasteiger partial charge in [0.05, 0.1) is 17.6 Å². The second-order valence-electron chi connectivity index (χ2n) is 6.60. The number of benzene rings is 2. The summed E-state index contributed by atoms with van der Waals surface area (Å²) in [5, 5.41) is 10.4. The summed E-state index contributed by atoms with van der Waals surface area (Å²) in [6.45, 7) is 6.97. The molecule has 0 atom stereocenters. The molecule has 0 aliphatic carbocycles. The van der Waals surface area contributed by atoms with Gasteiger partial charge in [-0.1, -0.05) is 30.3 Å². The van der Waals surface area contributed by atoms with Gasteiger partial charge in [0, 0.05) is 6.54 Å². The molecular weight excluding hydrogens is 300 g/mol. The summed E-state index contributed by atoms with van der Waals surface area (Å²) in [7, 11) is 0. The summed E-state index contributed by atoms with van der Waals surface area (Å²) in [5.74, 6) is 1.62. The fraction of sp³-hybridized carbons (Fsp3) is 0.350. The van der Waals surface area contributed by atoms with Gasteiger partial charge >= 0.3 is 0 Å². The minimum atomic E-state index is -0.976. The normalized spacial score (nSPS) is 11.8. The highest BCUT2D eigenvalue weighted by atomic mass is 16.5. The Morgan fingerprint density at radius 2 is 1.79 bits per heavy atom. The van der Waals surface area contributed by atoms with Gasteiger partial charge < -0.3 is 14.4 Å². The van der Waals surface area contributed by atoms with Gasteiger partial charge in [-0.25, -0.2) is 4.98 Å². The molecule has 3 aromatic rings. The number of fused-ring (bicyclic) bond motifs is 1. The van der Waals surface area contributed by atoms with E-state index in [9.17, 15) is 5.11 Å². The molecule has 1 N–H and O–H groups in total. The van der Waals surface area contributed by atoms with Crippen molar-refractivity contribution in [2.24, 2.45) is 0 Å².